The number of hydrogen-bond donors (Lipinski definition) is 1. The molecular formula is C26H18N2O3S. The predicted molar refractivity (Wildman–Crippen MR) is 123 cm³/mol. The molecule has 0 amide bonds. The Hall–Kier alpha value is -4.08. The lowest BCUT2D eigenvalue weighted by Crippen LogP contribution is -2.20. The van der Waals surface area contributed by atoms with Crippen molar-refractivity contribution in [3.05, 3.63) is 106 Å². The van der Waals surface area contributed by atoms with Gasteiger partial charge in [-0.1, -0.05) is 54.6 Å². The summed E-state index contributed by atoms with van der Waals surface area (Å²) < 4.78 is 11.3. The fourth-order valence-corrected chi connectivity index (χ4v) is 4.87. The number of hydrogen-bond acceptors (Lipinski definition) is 6. The second-order valence-electron chi connectivity index (χ2n) is 7.43. The van der Waals surface area contributed by atoms with Gasteiger partial charge in [0.15, 0.2) is 0 Å². The minimum atomic E-state index is -0.367. The van der Waals surface area contributed by atoms with Crippen LogP contribution in [0.3, 0.4) is 0 Å². The molecule has 1 atom stereocenters. The van der Waals surface area contributed by atoms with Gasteiger partial charge in [0.1, 0.15) is 23.1 Å². The average molecular weight is 439 g/mol. The maximum absolute atomic E-state index is 12.7. The van der Waals surface area contributed by atoms with Crippen LogP contribution in [-0.2, 0) is 11.2 Å². The fraction of sp³-hybridized carbons (Fsp3) is 0.0769. The van der Waals surface area contributed by atoms with E-state index in [1.54, 1.807) is 23.5 Å². The van der Waals surface area contributed by atoms with Crippen LogP contribution < -0.4 is 15.2 Å². The molecule has 5 nitrogen and oxygen atoms in total. The Bertz CT molecular complexity index is 1400. The molecule has 0 radical (unpaired) electrons. The molecule has 6 heteroatoms. The Morgan fingerprint density at radius 1 is 1.09 bits per heavy atom. The molecule has 4 aromatic rings. The van der Waals surface area contributed by atoms with Crippen LogP contribution >= 0.6 is 11.3 Å². The number of benzene rings is 3. The summed E-state index contributed by atoms with van der Waals surface area (Å²) in [7, 11) is 0. The van der Waals surface area contributed by atoms with Crippen LogP contribution in [0, 0.1) is 11.3 Å². The van der Waals surface area contributed by atoms with Gasteiger partial charge >= 0.3 is 5.97 Å². The Balaban J connectivity index is 1.41. The summed E-state index contributed by atoms with van der Waals surface area (Å²) in [6, 6.07) is 25.1. The number of carbonyl (C=O) groups is 1. The quantitative estimate of drug-likeness (QED) is 0.347. The van der Waals surface area contributed by atoms with Gasteiger partial charge in [-0.3, -0.25) is 4.79 Å². The number of fused-ring (bicyclic) bond motifs is 2. The van der Waals surface area contributed by atoms with Crippen LogP contribution in [0.2, 0.25) is 0 Å². The third-order valence-electron chi connectivity index (χ3n) is 5.46. The van der Waals surface area contributed by atoms with Crippen LogP contribution in [0.1, 0.15) is 21.9 Å². The monoisotopic (exact) mass is 438 g/mol. The Kier molecular flexibility index (Phi) is 5.10. The molecule has 0 spiro atoms. The number of thiophene rings is 1. The summed E-state index contributed by atoms with van der Waals surface area (Å²) in [6.45, 7) is 0. The molecule has 0 fully saturated rings. The molecule has 0 bridgehead atoms. The van der Waals surface area contributed by atoms with Crippen molar-refractivity contribution in [2.45, 2.75) is 12.3 Å². The van der Waals surface area contributed by atoms with E-state index in [9.17, 15) is 10.1 Å². The molecule has 2 N–H and O–H groups in total. The van der Waals surface area contributed by atoms with Crippen molar-refractivity contribution in [3.63, 3.8) is 0 Å². The fourth-order valence-electron chi connectivity index (χ4n) is 4.02. The molecule has 0 saturated carbocycles. The van der Waals surface area contributed by atoms with E-state index in [0.717, 1.165) is 26.8 Å². The zero-order valence-electron chi connectivity index (χ0n) is 16.9. The third kappa shape index (κ3) is 3.59. The topological polar surface area (TPSA) is 85.3 Å². The van der Waals surface area contributed by atoms with E-state index in [4.69, 9.17) is 15.2 Å². The minimum Gasteiger partial charge on any atom is -0.440 e. The summed E-state index contributed by atoms with van der Waals surface area (Å²) in [5, 5.41) is 13.7. The van der Waals surface area contributed by atoms with E-state index in [0.29, 0.717) is 17.1 Å². The number of rotatable bonds is 4. The van der Waals surface area contributed by atoms with Crippen molar-refractivity contribution in [2.24, 2.45) is 5.73 Å². The van der Waals surface area contributed by atoms with E-state index in [1.807, 2.05) is 66.0 Å². The highest BCUT2D eigenvalue weighted by Crippen LogP contribution is 2.44. The molecule has 3 aromatic carbocycles. The number of nitrogens with zero attached hydrogens (tertiary/aromatic N) is 1. The Labute approximate surface area is 188 Å². The molecule has 156 valence electrons. The van der Waals surface area contributed by atoms with E-state index in [1.165, 1.54) is 0 Å². The van der Waals surface area contributed by atoms with E-state index in [-0.39, 0.29) is 24.2 Å². The smallest absolute Gasteiger partial charge is 0.315 e. The first-order chi connectivity index (χ1) is 15.6. The number of nitriles is 1. The largest absolute Gasteiger partial charge is 0.440 e. The van der Waals surface area contributed by atoms with Crippen LogP contribution in [0.15, 0.2) is 89.6 Å². The number of ether oxygens (including phenoxy) is 2. The van der Waals surface area contributed by atoms with Gasteiger partial charge in [0.25, 0.3) is 0 Å². The van der Waals surface area contributed by atoms with Gasteiger partial charge in [-0.15, -0.1) is 11.3 Å². The summed E-state index contributed by atoms with van der Waals surface area (Å²) in [5.74, 6) is 0.248. The molecule has 1 aliphatic heterocycles. The zero-order chi connectivity index (χ0) is 22.1. The van der Waals surface area contributed by atoms with E-state index < -0.39 is 0 Å². The highest BCUT2D eigenvalue weighted by Gasteiger charge is 2.31. The molecule has 1 unspecified atom stereocenters. The summed E-state index contributed by atoms with van der Waals surface area (Å²) in [5.41, 5.74) is 8.13. The van der Waals surface area contributed by atoms with Crippen molar-refractivity contribution >= 4 is 28.1 Å². The number of allylic oxidation sites excluding steroid dienone is 1. The van der Waals surface area contributed by atoms with Crippen molar-refractivity contribution in [3.8, 4) is 17.6 Å². The Morgan fingerprint density at radius 2 is 1.94 bits per heavy atom. The standard InChI is InChI=1S/C26H18N2O3S/c27-15-21-25(23-9-4-12-32-23)20-11-10-18(14-22(20)31-26(21)28)30-24(29)13-17-7-3-6-16-5-1-2-8-19(16)17/h1-12,14,25H,13,28H2. The lowest BCUT2D eigenvalue weighted by Gasteiger charge is -2.25. The van der Waals surface area contributed by atoms with E-state index in [2.05, 4.69) is 6.07 Å². The van der Waals surface area contributed by atoms with Crippen molar-refractivity contribution in [1.82, 2.24) is 0 Å². The van der Waals surface area contributed by atoms with Gasteiger partial charge in [-0.05, 0) is 33.8 Å². The maximum Gasteiger partial charge on any atom is 0.315 e. The molecular weight excluding hydrogens is 420 g/mol. The average Bonchev–Trinajstić information content (AvgIpc) is 3.33. The predicted octanol–water partition coefficient (Wildman–Crippen LogP) is 5.27. The van der Waals surface area contributed by atoms with Crippen LogP contribution in [0.4, 0.5) is 0 Å². The van der Waals surface area contributed by atoms with Crippen molar-refractivity contribution in [2.75, 3.05) is 0 Å². The summed E-state index contributed by atoms with van der Waals surface area (Å²) in [6.07, 6.45) is 0.151. The first-order valence-electron chi connectivity index (χ1n) is 10.1. The van der Waals surface area contributed by atoms with Gasteiger partial charge < -0.3 is 15.2 Å². The normalized spacial score (nSPS) is 15.0. The third-order valence-corrected chi connectivity index (χ3v) is 6.40. The molecule has 2 heterocycles. The van der Waals surface area contributed by atoms with Gasteiger partial charge in [-0.2, -0.15) is 5.26 Å². The lowest BCUT2D eigenvalue weighted by atomic mass is 9.88. The second-order valence-corrected chi connectivity index (χ2v) is 8.41. The summed E-state index contributed by atoms with van der Waals surface area (Å²) in [4.78, 5) is 13.7. The maximum atomic E-state index is 12.7. The van der Waals surface area contributed by atoms with Crippen LogP contribution in [0.5, 0.6) is 11.5 Å². The highest BCUT2D eigenvalue weighted by molar-refractivity contribution is 7.10. The van der Waals surface area contributed by atoms with Crippen LogP contribution in [0.25, 0.3) is 10.8 Å². The molecule has 0 saturated heterocycles. The second kappa shape index (κ2) is 8.22. The number of carbonyl (C=O) groups excluding carboxylic acids is 1. The number of esters is 1. The Morgan fingerprint density at radius 3 is 2.75 bits per heavy atom. The molecule has 5 rings (SSSR count). The van der Waals surface area contributed by atoms with Crippen molar-refractivity contribution < 1.29 is 14.3 Å². The molecule has 0 aliphatic carbocycles. The molecule has 1 aliphatic rings. The van der Waals surface area contributed by atoms with Crippen LogP contribution in [-0.4, -0.2) is 5.97 Å². The van der Waals surface area contributed by atoms with E-state index >= 15 is 0 Å². The molecule has 32 heavy (non-hydrogen) atoms. The minimum absolute atomic E-state index is 0.0673. The lowest BCUT2D eigenvalue weighted by molar-refractivity contribution is -0.133. The first kappa shape index (κ1) is 19.9. The SMILES string of the molecule is N#CC1=C(N)Oc2cc(OC(=O)Cc3cccc4ccccc34)ccc2C1c1cccs1. The first-order valence-corrected chi connectivity index (χ1v) is 10.9. The van der Waals surface area contributed by atoms with Gasteiger partial charge in [0.05, 0.1) is 12.3 Å². The molecule has 1 aromatic heterocycles. The number of nitrogens with two attached hydrogens (primary N) is 1. The van der Waals surface area contributed by atoms with Gasteiger partial charge in [0.2, 0.25) is 5.88 Å². The van der Waals surface area contributed by atoms with Gasteiger partial charge in [0, 0.05) is 16.5 Å². The zero-order valence-corrected chi connectivity index (χ0v) is 17.8. The van der Waals surface area contributed by atoms with Crippen molar-refractivity contribution in [1.29, 1.82) is 5.26 Å². The van der Waals surface area contributed by atoms with Gasteiger partial charge in [-0.25, -0.2) is 0 Å². The summed E-state index contributed by atoms with van der Waals surface area (Å²) >= 11 is 1.55. The highest BCUT2D eigenvalue weighted by atomic mass is 32.1.